The van der Waals surface area contributed by atoms with Crippen LogP contribution in [0.15, 0.2) is 0 Å². The zero-order valence-corrected chi connectivity index (χ0v) is 7.60. The van der Waals surface area contributed by atoms with Gasteiger partial charge in [-0.1, -0.05) is 15.9 Å². The molecule has 0 radical (unpaired) electrons. The second kappa shape index (κ2) is 3.37. The number of aliphatic hydroxyl groups is 3. The third-order valence-electron chi connectivity index (χ3n) is 1.78. The molecule has 3 N–H and O–H groups in total. The van der Waals surface area contributed by atoms with Gasteiger partial charge in [0.2, 0.25) is 0 Å². The minimum Gasteiger partial charge on any atom is -0.389 e. The largest absolute Gasteiger partial charge is 0.389 e. The van der Waals surface area contributed by atoms with Crippen molar-refractivity contribution < 1.29 is 20.1 Å². The summed E-state index contributed by atoms with van der Waals surface area (Å²) >= 11 is 3.00. The highest BCUT2D eigenvalue weighted by Crippen LogP contribution is 2.24. The van der Waals surface area contributed by atoms with Gasteiger partial charge >= 0.3 is 0 Å². The van der Waals surface area contributed by atoms with Crippen LogP contribution >= 0.6 is 15.9 Å². The molecular formula is C6H11BrO4. The van der Waals surface area contributed by atoms with E-state index in [0.717, 1.165) is 0 Å². The van der Waals surface area contributed by atoms with E-state index in [1.165, 1.54) is 0 Å². The van der Waals surface area contributed by atoms with Gasteiger partial charge in [-0.2, -0.15) is 0 Å². The van der Waals surface area contributed by atoms with Gasteiger partial charge in [-0.05, 0) is 6.92 Å². The van der Waals surface area contributed by atoms with Crippen LogP contribution in [0.25, 0.3) is 0 Å². The Morgan fingerprint density at radius 3 is 2.27 bits per heavy atom. The summed E-state index contributed by atoms with van der Waals surface area (Å²) in [6.45, 7) is 1.59. The second-order valence-corrected chi connectivity index (χ2v) is 3.71. The van der Waals surface area contributed by atoms with E-state index in [9.17, 15) is 10.2 Å². The first-order valence-corrected chi connectivity index (χ1v) is 4.29. The SMILES string of the molecule is CC1OC(O)C(Br)[C@@H](O)[C@@H]1O. The van der Waals surface area contributed by atoms with Crippen molar-refractivity contribution in [2.75, 3.05) is 0 Å². The summed E-state index contributed by atoms with van der Waals surface area (Å²) in [7, 11) is 0. The fraction of sp³-hybridized carbons (Fsp3) is 1.00. The Hall–Kier alpha value is 0.320. The molecule has 1 fully saturated rings. The molecule has 0 amide bonds. The lowest BCUT2D eigenvalue weighted by Gasteiger charge is -2.36. The van der Waals surface area contributed by atoms with Crippen molar-refractivity contribution in [3.05, 3.63) is 0 Å². The standard InChI is InChI=1S/C6H11BrO4/c1-2-4(8)5(9)3(7)6(10)11-2/h2-6,8-10H,1H3/t2?,3?,4-,5-,6?/m1/s1. The molecule has 0 aromatic carbocycles. The fourth-order valence-corrected chi connectivity index (χ4v) is 1.45. The maximum absolute atomic E-state index is 9.25. The van der Waals surface area contributed by atoms with Crippen LogP contribution in [0.3, 0.4) is 0 Å². The van der Waals surface area contributed by atoms with Crippen molar-refractivity contribution in [1.82, 2.24) is 0 Å². The topological polar surface area (TPSA) is 69.9 Å². The van der Waals surface area contributed by atoms with Crippen LogP contribution in [0.1, 0.15) is 6.92 Å². The lowest BCUT2D eigenvalue weighted by molar-refractivity contribution is -0.220. The van der Waals surface area contributed by atoms with Gasteiger partial charge in [-0.25, -0.2) is 0 Å². The number of halogens is 1. The molecule has 0 aromatic rings. The van der Waals surface area contributed by atoms with E-state index in [1.807, 2.05) is 0 Å². The average Bonchev–Trinajstić information content (AvgIpc) is 1.97. The molecule has 1 heterocycles. The van der Waals surface area contributed by atoms with Gasteiger partial charge < -0.3 is 20.1 Å². The Kier molecular flexibility index (Phi) is 2.88. The molecule has 0 saturated carbocycles. The highest BCUT2D eigenvalue weighted by atomic mass is 79.9. The highest BCUT2D eigenvalue weighted by molar-refractivity contribution is 9.09. The number of hydrogen-bond acceptors (Lipinski definition) is 4. The lowest BCUT2D eigenvalue weighted by atomic mass is 10.0. The number of hydrogen-bond donors (Lipinski definition) is 3. The van der Waals surface area contributed by atoms with Crippen LogP contribution in [0.4, 0.5) is 0 Å². The van der Waals surface area contributed by atoms with Gasteiger partial charge in [0, 0.05) is 0 Å². The molecular weight excluding hydrogens is 216 g/mol. The van der Waals surface area contributed by atoms with Crippen molar-refractivity contribution >= 4 is 15.9 Å². The molecule has 4 nitrogen and oxygen atoms in total. The number of alkyl halides is 1. The zero-order chi connectivity index (χ0) is 8.59. The molecule has 1 aliphatic heterocycles. The molecule has 0 aliphatic carbocycles. The third kappa shape index (κ3) is 1.73. The molecule has 0 spiro atoms. The van der Waals surface area contributed by atoms with Gasteiger partial charge in [-0.3, -0.25) is 0 Å². The molecule has 0 bridgehead atoms. The van der Waals surface area contributed by atoms with Crippen molar-refractivity contribution in [3.8, 4) is 0 Å². The van der Waals surface area contributed by atoms with E-state index in [2.05, 4.69) is 15.9 Å². The minimum absolute atomic E-state index is 0.534. The molecule has 11 heavy (non-hydrogen) atoms. The predicted octanol–water partition coefficient (Wildman–Crippen LogP) is -0.791. The lowest BCUT2D eigenvalue weighted by Crippen LogP contribution is -2.54. The van der Waals surface area contributed by atoms with Crippen LogP contribution in [-0.4, -0.2) is 44.7 Å². The van der Waals surface area contributed by atoms with Crippen LogP contribution in [0.5, 0.6) is 0 Å². The molecule has 1 rings (SSSR count). The predicted molar refractivity (Wildman–Crippen MR) is 41.3 cm³/mol. The Balaban J connectivity index is 2.63. The van der Waals surface area contributed by atoms with E-state index in [4.69, 9.17) is 9.84 Å². The molecule has 1 aliphatic rings. The number of rotatable bonds is 0. The van der Waals surface area contributed by atoms with E-state index in [1.54, 1.807) is 6.92 Å². The van der Waals surface area contributed by atoms with Gasteiger partial charge in [0.15, 0.2) is 6.29 Å². The first-order valence-electron chi connectivity index (χ1n) is 3.37. The molecule has 1 saturated heterocycles. The smallest absolute Gasteiger partial charge is 0.170 e. The number of ether oxygens (including phenoxy) is 1. The van der Waals surface area contributed by atoms with E-state index in [0.29, 0.717) is 0 Å². The molecule has 0 aromatic heterocycles. The van der Waals surface area contributed by atoms with Crippen molar-refractivity contribution in [1.29, 1.82) is 0 Å². The Morgan fingerprint density at radius 1 is 1.18 bits per heavy atom. The highest BCUT2D eigenvalue weighted by Gasteiger charge is 2.40. The second-order valence-electron chi connectivity index (χ2n) is 2.66. The summed E-state index contributed by atoms with van der Waals surface area (Å²) in [6.07, 6.45) is -3.51. The third-order valence-corrected chi connectivity index (χ3v) is 2.78. The summed E-state index contributed by atoms with van der Waals surface area (Å²) in [6, 6.07) is 0. The van der Waals surface area contributed by atoms with Gasteiger partial charge in [-0.15, -0.1) is 0 Å². The van der Waals surface area contributed by atoms with Crippen LogP contribution in [-0.2, 0) is 4.74 Å². The Morgan fingerprint density at radius 2 is 1.73 bits per heavy atom. The summed E-state index contributed by atoms with van der Waals surface area (Å²) in [5, 5.41) is 27.6. The maximum Gasteiger partial charge on any atom is 0.170 e. The normalized spacial score (nSPS) is 52.6. The van der Waals surface area contributed by atoms with Gasteiger partial charge in [0.05, 0.1) is 17.0 Å². The van der Waals surface area contributed by atoms with Gasteiger partial charge in [0.25, 0.3) is 0 Å². The van der Waals surface area contributed by atoms with Crippen LogP contribution in [0, 0.1) is 0 Å². The minimum atomic E-state index is -1.05. The van der Waals surface area contributed by atoms with E-state index < -0.39 is 29.4 Å². The van der Waals surface area contributed by atoms with Crippen molar-refractivity contribution in [2.45, 2.75) is 36.4 Å². The molecule has 3 unspecified atom stereocenters. The van der Waals surface area contributed by atoms with E-state index in [-0.39, 0.29) is 0 Å². The molecule has 5 heteroatoms. The van der Waals surface area contributed by atoms with Crippen LogP contribution < -0.4 is 0 Å². The summed E-state index contributed by atoms with van der Waals surface area (Å²) in [4.78, 5) is -0.617. The number of aliphatic hydroxyl groups excluding tert-OH is 3. The monoisotopic (exact) mass is 226 g/mol. The Bertz CT molecular complexity index is 129. The van der Waals surface area contributed by atoms with Crippen molar-refractivity contribution in [3.63, 3.8) is 0 Å². The van der Waals surface area contributed by atoms with Crippen LogP contribution in [0.2, 0.25) is 0 Å². The summed E-state index contributed by atoms with van der Waals surface area (Å²) in [5.74, 6) is 0. The first kappa shape index (κ1) is 9.41. The zero-order valence-electron chi connectivity index (χ0n) is 6.01. The van der Waals surface area contributed by atoms with Crippen molar-refractivity contribution in [2.24, 2.45) is 0 Å². The van der Waals surface area contributed by atoms with Gasteiger partial charge in [0.1, 0.15) is 6.10 Å². The average molecular weight is 227 g/mol. The molecule has 5 atom stereocenters. The summed E-state index contributed by atoms with van der Waals surface area (Å²) in [5.41, 5.74) is 0. The fourth-order valence-electron chi connectivity index (χ4n) is 1.01. The first-order chi connectivity index (χ1) is 5.04. The molecule has 66 valence electrons. The van der Waals surface area contributed by atoms with E-state index >= 15 is 0 Å². The Labute approximate surface area is 72.9 Å². The maximum atomic E-state index is 9.25. The quantitative estimate of drug-likeness (QED) is 0.474. The summed E-state index contributed by atoms with van der Waals surface area (Å²) < 4.78 is 4.88.